The first-order valence-corrected chi connectivity index (χ1v) is 9.80. The molecule has 1 aliphatic rings. The number of hydrogen-bond donors (Lipinski definition) is 0. The normalized spacial score (nSPS) is 12.5. The van der Waals surface area contributed by atoms with E-state index in [1.807, 2.05) is 42.5 Å². The van der Waals surface area contributed by atoms with Gasteiger partial charge in [-0.1, -0.05) is 54.6 Å². The zero-order valence-corrected chi connectivity index (χ0v) is 16.6. The van der Waals surface area contributed by atoms with Crippen LogP contribution in [0.25, 0.3) is 6.08 Å². The van der Waals surface area contributed by atoms with E-state index >= 15 is 0 Å². The number of carbonyl (C=O) groups is 1. The summed E-state index contributed by atoms with van der Waals surface area (Å²) in [4.78, 5) is 25.8. The second-order valence-electron chi connectivity index (χ2n) is 6.83. The van der Waals surface area contributed by atoms with Crippen molar-refractivity contribution in [1.82, 2.24) is 0 Å². The SMILES string of the molecule is O=C(c1ccccc1[N+](=O)[O-])N(C/C=C/c1ccccc1)c1ccc2c(c1)OCCO2. The van der Waals surface area contributed by atoms with Crippen molar-refractivity contribution in [2.75, 3.05) is 24.7 Å². The van der Waals surface area contributed by atoms with Gasteiger partial charge in [-0.2, -0.15) is 0 Å². The van der Waals surface area contributed by atoms with Crippen LogP contribution in [0.15, 0.2) is 78.9 Å². The molecule has 0 aromatic heterocycles. The Morgan fingerprint density at radius 3 is 2.45 bits per heavy atom. The van der Waals surface area contributed by atoms with Crippen molar-refractivity contribution >= 4 is 23.4 Å². The molecule has 1 amide bonds. The van der Waals surface area contributed by atoms with Crippen LogP contribution in [0.5, 0.6) is 11.5 Å². The van der Waals surface area contributed by atoms with Crippen LogP contribution in [0.3, 0.4) is 0 Å². The molecule has 0 bridgehead atoms. The Morgan fingerprint density at radius 1 is 0.968 bits per heavy atom. The number of carbonyl (C=O) groups excluding carboxylic acids is 1. The zero-order valence-electron chi connectivity index (χ0n) is 16.6. The number of benzene rings is 3. The van der Waals surface area contributed by atoms with Gasteiger partial charge in [-0.3, -0.25) is 14.9 Å². The predicted octanol–water partition coefficient (Wildman–Crippen LogP) is 4.73. The molecular formula is C24H20N2O5. The lowest BCUT2D eigenvalue weighted by Crippen LogP contribution is -2.31. The number of nitro groups is 1. The summed E-state index contributed by atoms with van der Waals surface area (Å²) in [5.41, 5.74) is 1.34. The Morgan fingerprint density at radius 2 is 1.68 bits per heavy atom. The van der Waals surface area contributed by atoms with Crippen molar-refractivity contribution in [1.29, 1.82) is 0 Å². The van der Waals surface area contributed by atoms with Gasteiger partial charge in [0.1, 0.15) is 18.8 Å². The van der Waals surface area contributed by atoms with Gasteiger partial charge in [0.05, 0.1) is 4.92 Å². The minimum absolute atomic E-state index is 0.0236. The van der Waals surface area contributed by atoms with Gasteiger partial charge in [0, 0.05) is 24.4 Å². The van der Waals surface area contributed by atoms with Gasteiger partial charge in [-0.05, 0) is 23.8 Å². The largest absolute Gasteiger partial charge is 0.486 e. The molecule has 3 aromatic carbocycles. The number of amides is 1. The number of nitro benzene ring substituents is 1. The van der Waals surface area contributed by atoms with E-state index in [1.54, 1.807) is 30.3 Å². The lowest BCUT2D eigenvalue weighted by molar-refractivity contribution is -0.385. The lowest BCUT2D eigenvalue weighted by Gasteiger charge is -2.24. The number of para-hydroxylation sites is 1. The first-order chi connectivity index (χ1) is 15.1. The van der Waals surface area contributed by atoms with Gasteiger partial charge in [0.2, 0.25) is 0 Å². The molecule has 0 atom stereocenters. The van der Waals surface area contributed by atoms with Crippen LogP contribution >= 0.6 is 0 Å². The highest BCUT2D eigenvalue weighted by Gasteiger charge is 2.26. The van der Waals surface area contributed by atoms with Crippen molar-refractivity contribution in [3.63, 3.8) is 0 Å². The van der Waals surface area contributed by atoms with Crippen molar-refractivity contribution in [2.45, 2.75) is 0 Å². The molecule has 7 heteroatoms. The summed E-state index contributed by atoms with van der Waals surface area (Å²) < 4.78 is 11.2. The highest BCUT2D eigenvalue weighted by molar-refractivity contribution is 6.09. The predicted molar refractivity (Wildman–Crippen MR) is 118 cm³/mol. The Kier molecular flexibility index (Phi) is 5.93. The molecule has 7 nitrogen and oxygen atoms in total. The average Bonchev–Trinajstić information content (AvgIpc) is 2.82. The molecular weight excluding hydrogens is 396 g/mol. The van der Waals surface area contributed by atoms with Crippen LogP contribution in [0.2, 0.25) is 0 Å². The van der Waals surface area contributed by atoms with Crippen LogP contribution in [0.1, 0.15) is 15.9 Å². The van der Waals surface area contributed by atoms with Crippen LogP contribution < -0.4 is 14.4 Å². The van der Waals surface area contributed by atoms with E-state index in [1.165, 1.54) is 17.0 Å². The second-order valence-corrected chi connectivity index (χ2v) is 6.83. The molecule has 0 aliphatic carbocycles. The molecule has 0 radical (unpaired) electrons. The maximum absolute atomic E-state index is 13.4. The molecule has 1 heterocycles. The fraction of sp³-hybridized carbons (Fsp3) is 0.125. The van der Waals surface area contributed by atoms with Crippen LogP contribution in [0, 0.1) is 10.1 Å². The highest BCUT2D eigenvalue weighted by atomic mass is 16.6. The van der Waals surface area contributed by atoms with E-state index in [0.29, 0.717) is 30.4 Å². The smallest absolute Gasteiger partial charge is 0.282 e. The first kappa shape index (κ1) is 20.2. The molecule has 0 saturated heterocycles. The van der Waals surface area contributed by atoms with E-state index in [0.717, 1.165) is 5.56 Å². The van der Waals surface area contributed by atoms with Crippen molar-refractivity contribution in [3.8, 4) is 11.5 Å². The van der Waals surface area contributed by atoms with Crippen molar-refractivity contribution in [2.24, 2.45) is 0 Å². The third-order valence-electron chi connectivity index (χ3n) is 4.81. The number of nitrogens with zero attached hydrogens (tertiary/aromatic N) is 2. The standard InChI is InChI=1S/C24H20N2O5/c27-24(20-10-4-5-11-21(20)26(28)29)25(14-6-9-18-7-2-1-3-8-18)19-12-13-22-23(17-19)31-16-15-30-22/h1-13,17H,14-16H2/b9-6+. The molecule has 31 heavy (non-hydrogen) atoms. The zero-order chi connectivity index (χ0) is 21.6. The quantitative estimate of drug-likeness (QED) is 0.429. The third-order valence-corrected chi connectivity index (χ3v) is 4.81. The van der Waals surface area contributed by atoms with E-state index in [9.17, 15) is 14.9 Å². The van der Waals surface area contributed by atoms with Crippen LogP contribution in [-0.4, -0.2) is 30.6 Å². The summed E-state index contributed by atoms with van der Waals surface area (Å²) in [6.45, 7) is 1.10. The second kappa shape index (κ2) is 9.13. The molecule has 0 fully saturated rings. The highest BCUT2D eigenvalue weighted by Crippen LogP contribution is 2.35. The monoisotopic (exact) mass is 416 g/mol. The summed E-state index contributed by atoms with van der Waals surface area (Å²) >= 11 is 0. The van der Waals surface area contributed by atoms with Gasteiger partial charge in [0.15, 0.2) is 11.5 Å². The molecule has 0 N–H and O–H groups in total. The molecule has 1 aliphatic heterocycles. The minimum Gasteiger partial charge on any atom is -0.486 e. The van der Waals surface area contributed by atoms with Gasteiger partial charge < -0.3 is 14.4 Å². The summed E-state index contributed by atoms with van der Waals surface area (Å²) in [7, 11) is 0. The van der Waals surface area contributed by atoms with E-state index < -0.39 is 10.8 Å². The summed E-state index contributed by atoms with van der Waals surface area (Å²) in [5.74, 6) is 0.672. The number of hydrogen-bond acceptors (Lipinski definition) is 5. The van der Waals surface area contributed by atoms with Gasteiger partial charge in [-0.25, -0.2) is 0 Å². The number of fused-ring (bicyclic) bond motifs is 1. The molecule has 4 rings (SSSR count). The van der Waals surface area contributed by atoms with Crippen molar-refractivity contribution in [3.05, 3.63) is 100 Å². The fourth-order valence-corrected chi connectivity index (χ4v) is 3.32. The Balaban J connectivity index is 1.69. The Bertz CT molecular complexity index is 1130. The molecule has 0 unspecified atom stereocenters. The fourth-order valence-electron chi connectivity index (χ4n) is 3.32. The molecule has 0 spiro atoms. The van der Waals surface area contributed by atoms with E-state index in [4.69, 9.17) is 9.47 Å². The topological polar surface area (TPSA) is 81.9 Å². The van der Waals surface area contributed by atoms with Crippen LogP contribution in [0.4, 0.5) is 11.4 Å². The van der Waals surface area contributed by atoms with Gasteiger partial charge in [-0.15, -0.1) is 0 Å². The Hall–Kier alpha value is -4.13. The Labute approximate surface area is 179 Å². The van der Waals surface area contributed by atoms with E-state index in [-0.39, 0.29) is 17.8 Å². The summed E-state index contributed by atoms with van der Waals surface area (Å²) in [5, 5.41) is 11.5. The molecule has 0 saturated carbocycles. The first-order valence-electron chi connectivity index (χ1n) is 9.80. The third kappa shape index (κ3) is 4.56. The number of anilines is 1. The van der Waals surface area contributed by atoms with Crippen LogP contribution in [-0.2, 0) is 0 Å². The van der Waals surface area contributed by atoms with Gasteiger partial charge in [0.25, 0.3) is 11.6 Å². The van der Waals surface area contributed by atoms with E-state index in [2.05, 4.69) is 0 Å². The molecule has 156 valence electrons. The average molecular weight is 416 g/mol. The lowest BCUT2D eigenvalue weighted by atomic mass is 10.1. The number of ether oxygens (including phenoxy) is 2. The van der Waals surface area contributed by atoms with Crippen molar-refractivity contribution < 1.29 is 19.2 Å². The summed E-state index contributed by atoms with van der Waals surface area (Å²) in [6.07, 6.45) is 3.75. The summed E-state index contributed by atoms with van der Waals surface area (Å²) in [6, 6.07) is 20.8. The minimum atomic E-state index is -0.547. The maximum Gasteiger partial charge on any atom is 0.282 e. The number of rotatable bonds is 6. The van der Waals surface area contributed by atoms with Gasteiger partial charge >= 0.3 is 0 Å². The molecule has 3 aromatic rings. The maximum atomic E-state index is 13.4.